The Hall–Kier alpha value is -1.43. The third-order valence-corrected chi connectivity index (χ3v) is 5.79. The lowest BCUT2D eigenvalue weighted by Crippen LogP contribution is -2.52. The van der Waals surface area contributed by atoms with Gasteiger partial charge in [-0.15, -0.1) is 11.3 Å². The van der Waals surface area contributed by atoms with E-state index >= 15 is 0 Å². The van der Waals surface area contributed by atoms with Gasteiger partial charge in [-0.2, -0.15) is 0 Å². The molecule has 1 aromatic heterocycles. The molecule has 2 heterocycles. The van der Waals surface area contributed by atoms with Crippen LogP contribution in [-0.2, 0) is 12.8 Å². The Morgan fingerprint density at radius 2 is 1.79 bits per heavy atom. The molecule has 128 valence electrons. The van der Waals surface area contributed by atoms with Crippen LogP contribution in [0.2, 0.25) is 0 Å². The van der Waals surface area contributed by atoms with Gasteiger partial charge in [0, 0.05) is 44.1 Å². The Labute approximate surface area is 154 Å². The van der Waals surface area contributed by atoms with Crippen molar-refractivity contribution >= 4 is 28.7 Å². The molecule has 1 saturated heterocycles. The number of hydrogen-bond acceptors (Lipinski definition) is 3. The summed E-state index contributed by atoms with van der Waals surface area (Å²) < 4.78 is 0. The van der Waals surface area contributed by atoms with Gasteiger partial charge in [0.25, 0.3) is 0 Å². The molecule has 24 heavy (non-hydrogen) atoms. The molecule has 0 aliphatic carbocycles. The Kier molecular flexibility index (Phi) is 6.64. The van der Waals surface area contributed by atoms with Crippen molar-refractivity contribution in [1.82, 2.24) is 15.1 Å². The fourth-order valence-electron chi connectivity index (χ4n) is 2.97. The number of nitrogens with one attached hydrogen (secondary N) is 1. The highest BCUT2D eigenvalue weighted by atomic mass is 32.1. The zero-order chi connectivity index (χ0) is 16.6. The molecule has 0 unspecified atom stereocenters. The number of thiophene rings is 1. The Morgan fingerprint density at radius 1 is 1.00 bits per heavy atom. The van der Waals surface area contributed by atoms with Crippen LogP contribution in [0.4, 0.5) is 0 Å². The van der Waals surface area contributed by atoms with Gasteiger partial charge in [0.1, 0.15) is 0 Å². The number of nitrogens with zero attached hydrogens (tertiary/aromatic N) is 2. The molecular weight excluding hydrogens is 334 g/mol. The van der Waals surface area contributed by atoms with Crippen molar-refractivity contribution in [3.63, 3.8) is 0 Å². The van der Waals surface area contributed by atoms with E-state index in [1.807, 2.05) is 11.3 Å². The molecule has 0 amide bonds. The molecule has 1 aliphatic heterocycles. The Balaban J connectivity index is 1.33. The molecule has 5 heteroatoms. The second-order valence-corrected chi connectivity index (χ2v) is 7.54. The first-order valence-corrected chi connectivity index (χ1v) is 9.91. The molecule has 0 atom stereocenters. The average Bonchev–Trinajstić information content (AvgIpc) is 3.15. The van der Waals surface area contributed by atoms with E-state index in [2.05, 4.69) is 63.0 Å². The quantitative estimate of drug-likeness (QED) is 0.799. The first kappa shape index (κ1) is 17.4. The lowest BCUT2D eigenvalue weighted by Gasteiger charge is -2.36. The average molecular weight is 360 g/mol. The fourth-order valence-corrected chi connectivity index (χ4v) is 3.95. The van der Waals surface area contributed by atoms with Gasteiger partial charge in [0.2, 0.25) is 0 Å². The molecule has 0 saturated carbocycles. The van der Waals surface area contributed by atoms with E-state index < -0.39 is 0 Å². The minimum Gasteiger partial charge on any atom is -0.362 e. The van der Waals surface area contributed by atoms with Gasteiger partial charge in [-0.3, -0.25) is 4.90 Å². The zero-order valence-electron chi connectivity index (χ0n) is 14.0. The lowest BCUT2D eigenvalue weighted by atomic mass is 10.1. The van der Waals surface area contributed by atoms with Crippen molar-refractivity contribution in [3.8, 4) is 0 Å². The van der Waals surface area contributed by atoms with E-state index in [9.17, 15) is 0 Å². The van der Waals surface area contributed by atoms with Crippen LogP contribution in [0, 0.1) is 0 Å². The van der Waals surface area contributed by atoms with Crippen molar-refractivity contribution in [2.75, 3.05) is 39.3 Å². The third kappa shape index (κ3) is 5.30. The Morgan fingerprint density at radius 3 is 2.50 bits per heavy atom. The number of benzene rings is 1. The van der Waals surface area contributed by atoms with Crippen LogP contribution in [-0.4, -0.2) is 54.2 Å². The van der Waals surface area contributed by atoms with Crippen LogP contribution in [0.15, 0.2) is 47.8 Å². The normalized spacial score (nSPS) is 15.4. The molecule has 0 bridgehead atoms. The van der Waals surface area contributed by atoms with Crippen molar-refractivity contribution in [1.29, 1.82) is 0 Å². The summed E-state index contributed by atoms with van der Waals surface area (Å²) in [4.78, 5) is 6.33. The van der Waals surface area contributed by atoms with Gasteiger partial charge in [-0.1, -0.05) is 36.4 Å². The molecule has 2 aromatic rings. The molecule has 1 aliphatic rings. The zero-order valence-corrected chi connectivity index (χ0v) is 15.6. The van der Waals surface area contributed by atoms with Crippen LogP contribution in [0.5, 0.6) is 0 Å². The van der Waals surface area contributed by atoms with E-state index in [0.29, 0.717) is 0 Å². The van der Waals surface area contributed by atoms with Gasteiger partial charge in [-0.25, -0.2) is 0 Å². The maximum atomic E-state index is 5.56. The highest BCUT2D eigenvalue weighted by molar-refractivity contribution is 7.80. The van der Waals surface area contributed by atoms with E-state index in [1.54, 1.807) is 0 Å². The van der Waals surface area contributed by atoms with Crippen molar-refractivity contribution in [2.24, 2.45) is 0 Å². The number of rotatable bonds is 6. The third-order valence-electron chi connectivity index (χ3n) is 4.45. The SMILES string of the molecule is S=C(NCCc1ccccc1)N1CCN(CCc2cccs2)CC1. The summed E-state index contributed by atoms with van der Waals surface area (Å²) in [6.07, 6.45) is 2.18. The summed E-state index contributed by atoms with van der Waals surface area (Å²) in [7, 11) is 0. The van der Waals surface area contributed by atoms with Crippen LogP contribution < -0.4 is 5.32 Å². The number of thiocarbonyl (C=S) groups is 1. The molecule has 0 spiro atoms. The van der Waals surface area contributed by atoms with Gasteiger partial charge in [-0.05, 0) is 42.1 Å². The van der Waals surface area contributed by atoms with Gasteiger partial charge >= 0.3 is 0 Å². The van der Waals surface area contributed by atoms with Gasteiger partial charge in [0.05, 0.1) is 0 Å². The summed E-state index contributed by atoms with van der Waals surface area (Å²) in [5, 5.41) is 6.48. The number of hydrogen-bond donors (Lipinski definition) is 1. The smallest absolute Gasteiger partial charge is 0.169 e. The van der Waals surface area contributed by atoms with E-state index in [1.165, 1.54) is 10.4 Å². The van der Waals surface area contributed by atoms with Crippen LogP contribution in [0.25, 0.3) is 0 Å². The second-order valence-electron chi connectivity index (χ2n) is 6.13. The Bertz CT molecular complexity index is 605. The molecule has 3 nitrogen and oxygen atoms in total. The minimum atomic E-state index is 0.904. The summed E-state index contributed by atoms with van der Waals surface area (Å²) in [6.45, 7) is 6.32. The largest absolute Gasteiger partial charge is 0.362 e. The summed E-state index contributed by atoms with van der Waals surface area (Å²) in [5.41, 5.74) is 1.35. The monoisotopic (exact) mass is 359 g/mol. The summed E-state index contributed by atoms with van der Waals surface area (Å²) in [5.74, 6) is 0. The van der Waals surface area contributed by atoms with Crippen molar-refractivity contribution < 1.29 is 0 Å². The lowest BCUT2D eigenvalue weighted by molar-refractivity contribution is 0.183. The molecule has 1 N–H and O–H groups in total. The van der Waals surface area contributed by atoms with E-state index in [-0.39, 0.29) is 0 Å². The molecular formula is C19H25N3S2. The maximum Gasteiger partial charge on any atom is 0.169 e. The van der Waals surface area contributed by atoms with Crippen LogP contribution in [0.3, 0.4) is 0 Å². The molecule has 0 radical (unpaired) electrons. The second kappa shape index (κ2) is 9.16. The van der Waals surface area contributed by atoms with Crippen molar-refractivity contribution in [3.05, 3.63) is 58.3 Å². The molecule has 1 fully saturated rings. The minimum absolute atomic E-state index is 0.904. The van der Waals surface area contributed by atoms with Gasteiger partial charge in [0.15, 0.2) is 5.11 Å². The predicted octanol–water partition coefficient (Wildman–Crippen LogP) is 3.03. The first-order valence-electron chi connectivity index (χ1n) is 8.63. The maximum absolute atomic E-state index is 5.56. The van der Waals surface area contributed by atoms with Crippen molar-refractivity contribution in [2.45, 2.75) is 12.8 Å². The van der Waals surface area contributed by atoms with E-state index in [4.69, 9.17) is 12.2 Å². The summed E-state index contributed by atoms with van der Waals surface area (Å²) >= 11 is 7.41. The van der Waals surface area contributed by atoms with E-state index in [0.717, 1.165) is 57.2 Å². The highest BCUT2D eigenvalue weighted by Gasteiger charge is 2.18. The molecule has 1 aromatic carbocycles. The predicted molar refractivity (Wildman–Crippen MR) is 107 cm³/mol. The summed E-state index contributed by atoms with van der Waals surface area (Å²) in [6, 6.07) is 14.9. The van der Waals surface area contributed by atoms with Gasteiger partial charge < -0.3 is 10.2 Å². The fraction of sp³-hybridized carbons (Fsp3) is 0.421. The standard InChI is InChI=1S/C19H25N3S2/c23-19(20-10-8-17-5-2-1-3-6-17)22-14-12-21(13-15-22)11-9-18-7-4-16-24-18/h1-7,16H,8-15H2,(H,20,23). The number of piperazine rings is 1. The highest BCUT2D eigenvalue weighted by Crippen LogP contribution is 2.11. The topological polar surface area (TPSA) is 18.5 Å². The first-order chi connectivity index (χ1) is 11.8. The van der Waals surface area contributed by atoms with Crippen LogP contribution in [0.1, 0.15) is 10.4 Å². The molecule has 3 rings (SSSR count). The van der Waals surface area contributed by atoms with Crippen LogP contribution >= 0.6 is 23.6 Å².